The van der Waals surface area contributed by atoms with E-state index in [4.69, 9.17) is 21.1 Å². The number of ether oxygens (including phenoxy) is 2. The molecule has 2 heterocycles. The first-order valence-corrected chi connectivity index (χ1v) is 25.2. The number of hydrogen-bond acceptors (Lipinski definition) is 11. The van der Waals surface area contributed by atoms with Gasteiger partial charge in [-0.1, -0.05) is 84.3 Å². The van der Waals surface area contributed by atoms with Crippen molar-refractivity contribution in [1.29, 1.82) is 5.26 Å². The molecule has 3 fully saturated rings. The van der Waals surface area contributed by atoms with Crippen LogP contribution in [-0.4, -0.2) is 95.3 Å². The zero-order valence-corrected chi connectivity index (χ0v) is 42.3. The summed E-state index contributed by atoms with van der Waals surface area (Å²) >= 11 is 7.88. The molecule has 1 aromatic heterocycles. The van der Waals surface area contributed by atoms with Crippen molar-refractivity contribution in [3.8, 4) is 22.3 Å². The van der Waals surface area contributed by atoms with Crippen LogP contribution in [0.25, 0.3) is 10.4 Å². The van der Waals surface area contributed by atoms with Gasteiger partial charge in [-0.2, -0.15) is 5.26 Å². The van der Waals surface area contributed by atoms with Crippen LogP contribution in [0.15, 0.2) is 72.2 Å². The first kappa shape index (κ1) is 51.3. The molecule has 1 aliphatic heterocycles. The Morgan fingerprint density at radius 2 is 1.70 bits per heavy atom. The molecule has 14 nitrogen and oxygen atoms in total. The molecule has 5 N–H and O–H groups in total. The number of halogens is 1. The smallest absolute Gasteiger partial charge is 0.251 e. The van der Waals surface area contributed by atoms with Crippen LogP contribution in [0, 0.1) is 27.6 Å². The number of benzene rings is 3. The zero-order valence-electron chi connectivity index (χ0n) is 40.7. The Balaban J connectivity index is 0.789. The zero-order chi connectivity index (χ0) is 49.7. The van der Waals surface area contributed by atoms with Crippen LogP contribution >= 0.6 is 22.9 Å². The molecule has 3 aromatic carbocycles. The topological polar surface area (TPSA) is 195 Å². The van der Waals surface area contributed by atoms with Gasteiger partial charge in [-0.15, -0.1) is 11.3 Å². The Morgan fingerprint density at radius 1 is 0.986 bits per heavy atom. The molecular weight excluding hydrogens is 914 g/mol. The van der Waals surface area contributed by atoms with Gasteiger partial charge in [0, 0.05) is 72.8 Å². The van der Waals surface area contributed by atoms with Crippen molar-refractivity contribution in [3.63, 3.8) is 0 Å². The number of β-amino-alcohol motifs (C(OH)–C–C–N with tert-alkyl or cyclic N) is 1. The first-order chi connectivity index (χ1) is 32.8. The van der Waals surface area contributed by atoms with Gasteiger partial charge in [0.1, 0.15) is 36.6 Å². The number of nitriles is 1. The van der Waals surface area contributed by atoms with E-state index in [0.29, 0.717) is 41.0 Å². The third-order valence-electron chi connectivity index (χ3n) is 13.6. The van der Waals surface area contributed by atoms with E-state index in [1.54, 1.807) is 41.7 Å². The number of aliphatic hydroxyl groups is 1. The molecule has 4 aromatic rings. The van der Waals surface area contributed by atoms with Gasteiger partial charge in [0.25, 0.3) is 5.91 Å². The molecule has 7 rings (SSSR count). The molecule has 0 bridgehead atoms. The molecule has 368 valence electrons. The SMILES string of the molecule is CC1(C)C(NC(=O)c2ccc(NCCCCCOCC(=O)N[C@H](C(=O)N3C[C@H](O)C[C@H]3C(=O)NCc3ccc(-c4scnc4C4CC4)cc3)C(C)(C)C)cc2)C(C)(C)C1Oc1ccc(C#N)c(Cl)c1. The molecule has 3 atom stereocenters. The minimum absolute atomic E-state index is 0.00397. The summed E-state index contributed by atoms with van der Waals surface area (Å²) in [5.41, 5.74) is 5.48. The highest BCUT2D eigenvalue weighted by Gasteiger charge is 2.64. The van der Waals surface area contributed by atoms with Crippen molar-refractivity contribution in [2.75, 3.05) is 31.6 Å². The Bertz CT molecular complexity index is 2500. The maximum absolute atomic E-state index is 14.0. The third-order valence-corrected chi connectivity index (χ3v) is 14.8. The number of likely N-dealkylation sites (tertiary alicyclic amines) is 1. The van der Waals surface area contributed by atoms with Crippen LogP contribution in [0.5, 0.6) is 5.75 Å². The second-order valence-electron chi connectivity index (χ2n) is 20.9. The monoisotopic (exact) mass is 979 g/mol. The summed E-state index contributed by atoms with van der Waals surface area (Å²) in [6.45, 7) is 15.0. The number of nitrogens with one attached hydrogen (secondary N) is 4. The van der Waals surface area contributed by atoms with Crippen LogP contribution < -0.4 is 26.0 Å². The molecule has 3 aliphatic rings. The van der Waals surface area contributed by atoms with Gasteiger partial charge < -0.3 is 40.7 Å². The predicted octanol–water partition coefficient (Wildman–Crippen LogP) is 8.23. The molecular formula is C53H66ClN7O7S. The lowest BCUT2D eigenvalue weighted by atomic mass is 9.49. The largest absolute Gasteiger partial charge is 0.489 e. The molecule has 0 unspecified atom stereocenters. The lowest BCUT2D eigenvalue weighted by Crippen LogP contribution is -2.74. The van der Waals surface area contributed by atoms with Crippen molar-refractivity contribution < 1.29 is 33.8 Å². The Labute approximate surface area is 414 Å². The van der Waals surface area contributed by atoms with E-state index >= 15 is 0 Å². The van der Waals surface area contributed by atoms with Crippen LogP contribution in [0.1, 0.15) is 120 Å². The lowest BCUT2D eigenvalue weighted by Gasteiger charge is -2.63. The molecule has 4 amide bonds. The van der Waals surface area contributed by atoms with Gasteiger partial charge >= 0.3 is 0 Å². The molecule has 0 radical (unpaired) electrons. The van der Waals surface area contributed by atoms with Crippen LogP contribution in [0.3, 0.4) is 0 Å². The van der Waals surface area contributed by atoms with Crippen molar-refractivity contribution in [1.82, 2.24) is 25.8 Å². The van der Waals surface area contributed by atoms with Crippen LogP contribution in [-0.2, 0) is 25.7 Å². The van der Waals surface area contributed by atoms with E-state index < -0.39 is 35.4 Å². The molecule has 2 saturated carbocycles. The standard InChI is InChI=1S/C53H66ClN7O7S/c1-51(2,3)45(48(66)61-29-38(62)25-41(61)47(65)57-28-32-11-13-34(14-12-32)44-43(33-15-16-33)58-31-69-44)59-42(63)30-67-24-10-8-9-23-56-37-20-17-35(18-21-37)46(64)60-49-52(4,5)50(53(49,6)7)68-39-22-19-36(27-55)40(54)26-39/h11-14,17-22,26,31,33,38,41,45,49-50,56,62H,8-10,15-16,23-25,28-30H2,1-7H3,(H,57,65)(H,59,63)(H,60,64)/t38-,41+,45-,49?,50?/m1/s1. The van der Waals surface area contributed by atoms with Gasteiger partial charge in [0.05, 0.1) is 32.8 Å². The number of amides is 4. The maximum Gasteiger partial charge on any atom is 0.251 e. The number of carbonyl (C=O) groups excluding carboxylic acids is 4. The summed E-state index contributed by atoms with van der Waals surface area (Å²) in [5.74, 6) is -0.238. The molecule has 69 heavy (non-hydrogen) atoms. The third kappa shape index (κ3) is 12.3. The second-order valence-corrected chi connectivity index (χ2v) is 22.2. The Morgan fingerprint density at radius 3 is 2.35 bits per heavy atom. The fourth-order valence-corrected chi connectivity index (χ4v) is 11.1. The normalized spacial score (nSPS) is 20.8. The maximum atomic E-state index is 14.0. The average molecular weight is 981 g/mol. The number of unbranched alkanes of at least 4 members (excludes halogenated alkanes) is 2. The fourth-order valence-electron chi connectivity index (χ4n) is 9.98. The molecule has 1 saturated heterocycles. The van der Waals surface area contributed by atoms with Gasteiger partial charge in [0.15, 0.2) is 0 Å². The second kappa shape index (κ2) is 21.6. The number of thiazole rings is 1. The number of anilines is 1. The summed E-state index contributed by atoms with van der Waals surface area (Å²) in [6, 6.07) is 20.6. The highest BCUT2D eigenvalue weighted by Crippen LogP contribution is 2.55. The van der Waals surface area contributed by atoms with Gasteiger partial charge in [0.2, 0.25) is 17.7 Å². The molecule has 16 heteroatoms. The minimum Gasteiger partial charge on any atom is -0.489 e. The van der Waals surface area contributed by atoms with E-state index in [0.717, 1.165) is 36.1 Å². The average Bonchev–Trinajstić information content (AvgIpc) is 3.90. The minimum atomic E-state index is -0.943. The van der Waals surface area contributed by atoms with Gasteiger partial charge in [-0.3, -0.25) is 19.2 Å². The van der Waals surface area contributed by atoms with E-state index in [2.05, 4.69) is 60.0 Å². The summed E-state index contributed by atoms with van der Waals surface area (Å²) in [6.07, 6.45) is 3.85. The van der Waals surface area contributed by atoms with Crippen molar-refractivity contribution in [2.45, 2.75) is 130 Å². The first-order valence-electron chi connectivity index (χ1n) is 23.9. The highest BCUT2D eigenvalue weighted by molar-refractivity contribution is 7.13. The quantitative estimate of drug-likeness (QED) is 0.0539. The van der Waals surface area contributed by atoms with E-state index in [1.807, 2.05) is 62.7 Å². The Hall–Kier alpha value is -5.53. The van der Waals surface area contributed by atoms with E-state index in [9.17, 15) is 29.5 Å². The van der Waals surface area contributed by atoms with E-state index in [1.165, 1.54) is 28.3 Å². The number of aromatic nitrogens is 1. The number of nitrogens with zero attached hydrogens (tertiary/aromatic N) is 3. The number of aliphatic hydroxyl groups excluding tert-OH is 1. The number of hydrogen-bond donors (Lipinski definition) is 5. The highest BCUT2D eigenvalue weighted by atomic mass is 35.5. The number of rotatable bonds is 20. The summed E-state index contributed by atoms with van der Waals surface area (Å²) < 4.78 is 12.1. The lowest BCUT2D eigenvalue weighted by molar-refractivity contribution is -0.164. The molecule has 0 spiro atoms. The van der Waals surface area contributed by atoms with Gasteiger partial charge in [-0.05, 0) is 85.0 Å². The predicted molar refractivity (Wildman–Crippen MR) is 268 cm³/mol. The fraction of sp³-hybridized carbons (Fsp3) is 0.509. The summed E-state index contributed by atoms with van der Waals surface area (Å²) in [5, 5.41) is 32.6. The molecule has 2 aliphatic carbocycles. The Kier molecular flexibility index (Phi) is 16.1. The van der Waals surface area contributed by atoms with Crippen LogP contribution in [0.2, 0.25) is 5.02 Å². The van der Waals surface area contributed by atoms with Crippen molar-refractivity contribution in [3.05, 3.63) is 99.6 Å². The van der Waals surface area contributed by atoms with Crippen molar-refractivity contribution in [2.24, 2.45) is 16.2 Å². The number of carbonyl (C=O) groups is 4. The van der Waals surface area contributed by atoms with Crippen molar-refractivity contribution >= 4 is 52.3 Å². The summed E-state index contributed by atoms with van der Waals surface area (Å²) in [4.78, 5) is 61.2. The van der Waals surface area contributed by atoms with E-state index in [-0.39, 0.29) is 60.9 Å². The van der Waals surface area contributed by atoms with Gasteiger partial charge in [-0.25, -0.2) is 4.98 Å². The summed E-state index contributed by atoms with van der Waals surface area (Å²) in [7, 11) is 0. The van der Waals surface area contributed by atoms with Crippen LogP contribution in [0.4, 0.5) is 5.69 Å².